The van der Waals surface area contributed by atoms with Gasteiger partial charge in [-0.05, 0) is 11.1 Å². The average molecular weight is 216 g/mol. The fourth-order valence-corrected chi connectivity index (χ4v) is 2.03. The Hall–Kier alpha value is 0.100. The van der Waals surface area contributed by atoms with Crippen LogP contribution in [0.5, 0.6) is 0 Å². The molecule has 0 radical (unpaired) electrons. The second-order valence-electron chi connectivity index (χ2n) is 5.65. The molecule has 2 unspecified atom stereocenters. The molecule has 0 aliphatic carbocycles. The first-order valence-electron chi connectivity index (χ1n) is 5.35. The molecule has 2 atom stereocenters. The van der Waals surface area contributed by atoms with Crippen molar-refractivity contribution in [2.45, 2.75) is 54.1 Å². The molecule has 0 aromatic carbocycles. The van der Waals surface area contributed by atoms with Crippen molar-refractivity contribution in [1.82, 2.24) is 0 Å². The van der Waals surface area contributed by atoms with Gasteiger partial charge in [-0.2, -0.15) is 0 Å². The fraction of sp³-hybridized carbons (Fsp3) is 0.917. The van der Waals surface area contributed by atoms with Crippen LogP contribution in [0.25, 0.3) is 0 Å². The van der Waals surface area contributed by atoms with Crippen molar-refractivity contribution < 1.29 is 4.79 Å². The molecule has 1 nitrogen and oxygen atoms in total. The summed E-state index contributed by atoms with van der Waals surface area (Å²) in [6, 6.07) is 0. The summed E-state index contributed by atoms with van der Waals surface area (Å²) in [5.41, 5.74) is 0.182. The molecule has 0 aromatic heterocycles. The van der Waals surface area contributed by atoms with E-state index in [-0.39, 0.29) is 16.7 Å². The highest BCUT2D eigenvalue weighted by atomic mass is 31.0. The van der Waals surface area contributed by atoms with E-state index in [2.05, 4.69) is 43.9 Å². The Balaban J connectivity index is 5.04. The molecule has 0 spiro atoms. The van der Waals surface area contributed by atoms with Crippen molar-refractivity contribution in [1.29, 1.82) is 0 Å². The highest BCUT2D eigenvalue weighted by Crippen LogP contribution is 2.45. The van der Waals surface area contributed by atoms with Gasteiger partial charge in [-0.1, -0.05) is 48.5 Å². The van der Waals surface area contributed by atoms with Crippen molar-refractivity contribution in [2.24, 2.45) is 16.7 Å². The Morgan fingerprint density at radius 1 is 1.07 bits per heavy atom. The van der Waals surface area contributed by atoms with E-state index in [9.17, 15) is 4.79 Å². The summed E-state index contributed by atoms with van der Waals surface area (Å²) in [5, 5.41) is 0. The number of rotatable bonds is 4. The summed E-state index contributed by atoms with van der Waals surface area (Å²) < 4.78 is 0. The summed E-state index contributed by atoms with van der Waals surface area (Å²) in [7, 11) is 2.82. The van der Waals surface area contributed by atoms with Crippen LogP contribution in [0.4, 0.5) is 0 Å². The highest BCUT2D eigenvalue weighted by Gasteiger charge is 2.45. The molecular weight excluding hydrogens is 191 g/mol. The van der Waals surface area contributed by atoms with Gasteiger partial charge in [-0.25, -0.2) is 0 Å². The van der Waals surface area contributed by atoms with Crippen LogP contribution in [-0.2, 0) is 4.79 Å². The van der Waals surface area contributed by atoms with Gasteiger partial charge < -0.3 is 0 Å². The standard InChI is InChI=1S/C12H25OP/c1-8(2)10(13)12(6,7)11(4,5)9(3)14/h8-9H,14H2,1-7H3. The zero-order chi connectivity index (χ0) is 11.7. The predicted molar refractivity (Wildman–Crippen MR) is 66.6 cm³/mol. The highest BCUT2D eigenvalue weighted by molar-refractivity contribution is 7.17. The third-order valence-electron chi connectivity index (χ3n) is 3.89. The maximum absolute atomic E-state index is 12.1. The zero-order valence-electron chi connectivity index (χ0n) is 10.6. The van der Waals surface area contributed by atoms with Crippen LogP contribution in [0, 0.1) is 16.7 Å². The molecule has 0 aliphatic heterocycles. The van der Waals surface area contributed by atoms with Gasteiger partial charge in [0, 0.05) is 11.3 Å². The minimum absolute atomic E-state index is 0.0129. The molecule has 0 rings (SSSR count). The van der Waals surface area contributed by atoms with E-state index in [0.717, 1.165) is 0 Å². The van der Waals surface area contributed by atoms with E-state index >= 15 is 0 Å². The molecule has 0 heterocycles. The second-order valence-corrected chi connectivity index (χ2v) is 6.65. The summed E-state index contributed by atoms with van der Waals surface area (Å²) in [4.78, 5) is 12.1. The van der Waals surface area contributed by atoms with Crippen LogP contribution < -0.4 is 0 Å². The number of hydrogen-bond donors (Lipinski definition) is 0. The molecule has 0 fully saturated rings. The molecular formula is C12H25OP. The topological polar surface area (TPSA) is 17.1 Å². The molecule has 0 N–H and O–H groups in total. The Labute approximate surface area is 91.2 Å². The van der Waals surface area contributed by atoms with Crippen LogP contribution in [0.2, 0.25) is 0 Å². The van der Waals surface area contributed by atoms with E-state index in [1.165, 1.54) is 0 Å². The van der Waals surface area contributed by atoms with Crippen LogP contribution in [0.3, 0.4) is 0 Å². The van der Waals surface area contributed by atoms with Crippen LogP contribution >= 0.6 is 9.24 Å². The number of Topliss-reactive ketones (excluding diaryl/α,β-unsaturated/α-hetero) is 1. The lowest BCUT2D eigenvalue weighted by Crippen LogP contribution is -2.45. The lowest BCUT2D eigenvalue weighted by molar-refractivity contribution is -0.136. The number of hydrogen-bond acceptors (Lipinski definition) is 1. The molecule has 14 heavy (non-hydrogen) atoms. The molecule has 0 aliphatic rings. The number of carbonyl (C=O) groups is 1. The van der Waals surface area contributed by atoms with E-state index < -0.39 is 0 Å². The monoisotopic (exact) mass is 216 g/mol. The van der Waals surface area contributed by atoms with Gasteiger partial charge in [0.05, 0.1) is 0 Å². The Bertz CT molecular complexity index is 214. The second kappa shape index (κ2) is 4.31. The van der Waals surface area contributed by atoms with Crippen molar-refractivity contribution in [3.05, 3.63) is 0 Å². The lowest BCUT2D eigenvalue weighted by Gasteiger charge is -2.44. The van der Waals surface area contributed by atoms with Gasteiger partial charge in [-0.3, -0.25) is 4.79 Å². The normalized spacial score (nSPS) is 15.8. The first kappa shape index (κ1) is 14.1. The van der Waals surface area contributed by atoms with Crippen molar-refractivity contribution in [3.63, 3.8) is 0 Å². The van der Waals surface area contributed by atoms with E-state index in [1.807, 2.05) is 13.8 Å². The van der Waals surface area contributed by atoms with Gasteiger partial charge in [0.2, 0.25) is 0 Å². The Kier molecular flexibility index (Phi) is 4.34. The van der Waals surface area contributed by atoms with Crippen molar-refractivity contribution >= 4 is 15.0 Å². The largest absolute Gasteiger partial charge is 0.299 e. The van der Waals surface area contributed by atoms with E-state index in [4.69, 9.17) is 0 Å². The van der Waals surface area contributed by atoms with Gasteiger partial charge >= 0.3 is 0 Å². The first-order valence-corrected chi connectivity index (χ1v) is 6.01. The SMILES string of the molecule is CC(C)C(=O)C(C)(C)C(C)(C)C(C)P. The minimum atomic E-state index is -0.262. The smallest absolute Gasteiger partial charge is 0.141 e. The van der Waals surface area contributed by atoms with Crippen molar-refractivity contribution in [3.8, 4) is 0 Å². The fourth-order valence-electron chi connectivity index (χ4n) is 1.61. The maximum Gasteiger partial charge on any atom is 0.141 e. The molecule has 2 heteroatoms. The molecule has 0 saturated heterocycles. The summed E-state index contributed by atoms with van der Waals surface area (Å²) in [6.07, 6.45) is 0. The number of carbonyl (C=O) groups excluding carboxylic acids is 1. The zero-order valence-corrected chi connectivity index (χ0v) is 11.8. The van der Waals surface area contributed by atoms with Gasteiger partial charge in [0.15, 0.2) is 0 Å². The van der Waals surface area contributed by atoms with Gasteiger partial charge in [0.25, 0.3) is 0 Å². The summed E-state index contributed by atoms with van der Waals surface area (Å²) in [6.45, 7) is 14.6. The van der Waals surface area contributed by atoms with Crippen molar-refractivity contribution in [2.75, 3.05) is 0 Å². The van der Waals surface area contributed by atoms with Gasteiger partial charge in [0.1, 0.15) is 5.78 Å². The Morgan fingerprint density at radius 3 is 1.64 bits per heavy atom. The quantitative estimate of drug-likeness (QED) is 0.657. The predicted octanol–water partition coefficient (Wildman–Crippen LogP) is 3.53. The maximum atomic E-state index is 12.1. The lowest BCUT2D eigenvalue weighted by atomic mass is 9.62. The first-order chi connectivity index (χ1) is 6.05. The Morgan fingerprint density at radius 2 is 1.43 bits per heavy atom. The van der Waals surface area contributed by atoms with Crippen LogP contribution in [0.1, 0.15) is 48.5 Å². The summed E-state index contributed by atoms with van der Waals surface area (Å²) >= 11 is 0. The minimum Gasteiger partial charge on any atom is -0.299 e. The summed E-state index contributed by atoms with van der Waals surface area (Å²) in [5.74, 6) is 0.477. The molecule has 0 amide bonds. The molecule has 0 saturated carbocycles. The van der Waals surface area contributed by atoms with E-state index in [0.29, 0.717) is 11.4 Å². The van der Waals surface area contributed by atoms with Crippen LogP contribution in [0.15, 0.2) is 0 Å². The third-order valence-corrected chi connectivity index (χ3v) is 4.72. The average Bonchev–Trinajstić information content (AvgIpc) is 2.01. The molecule has 0 bridgehead atoms. The van der Waals surface area contributed by atoms with E-state index in [1.54, 1.807) is 0 Å². The van der Waals surface area contributed by atoms with Crippen LogP contribution in [-0.4, -0.2) is 11.4 Å². The van der Waals surface area contributed by atoms with Gasteiger partial charge in [-0.15, -0.1) is 9.24 Å². The third kappa shape index (κ3) is 2.37. The number of ketones is 1. The molecule has 84 valence electrons. The molecule has 0 aromatic rings.